The first kappa shape index (κ1) is 12.8. The molecule has 1 atom stereocenters. The minimum Gasteiger partial charge on any atom is -0.382 e. The molecular weight excluding hydrogens is 237 g/mol. The molecule has 1 aromatic carbocycles. The summed E-state index contributed by atoms with van der Waals surface area (Å²) in [6.07, 6.45) is 0.0320. The van der Waals surface area contributed by atoms with Gasteiger partial charge < -0.3 is 21.1 Å². The van der Waals surface area contributed by atoms with Crippen LogP contribution in [0.1, 0.15) is 10.4 Å². The Bertz CT molecular complexity index is 433. The quantitative estimate of drug-likeness (QED) is 0.722. The summed E-state index contributed by atoms with van der Waals surface area (Å²) in [6.45, 7) is 2.80. The summed E-state index contributed by atoms with van der Waals surface area (Å²) in [5.41, 5.74) is 5.88. The highest BCUT2D eigenvalue weighted by molar-refractivity contribution is 5.98. The molecule has 1 aliphatic rings. The second-order valence-corrected chi connectivity index (χ2v) is 4.13. The van der Waals surface area contributed by atoms with Crippen LogP contribution in [0.2, 0.25) is 0 Å². The molecule has 0 saturated carbocycles. The standard InChI is InChI=1S/C12H16FN3O2/c13-8-1-2-11(10(5-8)12(14)17)16-7-9-6-15-3-4-18-9/h1-2,5,9,15-16H,3-4,6-7H2,(H2,14,17). The van der Waals surface area contributed by atoms with Crippen molar-refractivity contribution in [3.63, 3.8) is 0 Å². The Morgan fingerprint density at radius 2 is 2.44 bits per heavy atom. The predicted octanol–water partition coefficient (Wildman–Crippen LogP) is 0.325. The van der Waals surface area contributed by atoms with E-state index < -0.39 is 11.7 Å². The number of nitrogens with two attached hydrogens (primary N) is 1. The van der Waals surface area contributed by atoms with Gasteiger partial charge in [-0.1, -0.05) is 0 Å². The van der Waals surface area contributed by atoms with Crippen molar-refractivity contribution in [2.24, 2.45) is 5.73 Å². The Balaban J connectivity index is 2.01. The number of amides is 1. The summed E-state index contributed by atoms with van der Waals surface area (Å²) in [6, 6.07) is 3.92. The van der Waals surface area contributed by atoms with Gasteiger partial charge in [0.2, 0.25) is 0 Å². The fourth-order valence-corrected chi connectivity index (χ4v) is 1.85. The molecule has 1 aromatic rings. The van der Waals surface area contributed by atoms with Crippen LogP contribution >= 0.6 is 0 Å². The normalized spacial score (nSPS) is 19.5. The van der Waals surface area contributed by atoms with Gasteiger partial charge in [-0.2, -0.15) is 0 Å². The van der Waals surface area contributed by atoms with E-state index in [2.05, 4.69) is 10.6 Å². The number of morpholine rings is 1. The SMILES string of the molecule is NC(=O)c1cc(F)ccc1NCC1CNCCO1. The van der Waals surface area contributed by atoms with Crippen molar-refractivity contribution in [2.45, 2.75) is 6.10 Å². The molecule has 1 unspecified atom stereocenters. The molecule has 0 radical (unpaired) electrons. The van der Waals surface area contributed by atoms with Gasteiger partial charge in [0.15, 0.2) is 0 Å². The first-order valence-electron chi connectivity index (χ1n) is 5.82. The number of nitrogens with one attached hydrogen (secondary N) is 2. The molecule has 0 aromatic heterocycles. The maximum Gasteiger partial charge on any atom is 0.250 e. The second-order valence-electron chi connectivity index (χ2n) is 4.13. The number of rotatable bonds is 4. The Labute approximate surface area is 104 Å². The van der Waals surface area contributed by atoms with Crippen LogP contribution in [0.25, 0.3) is 0 Å². The summed E-state index contributed by atoms with van der Waals surface area (Å²) in [5.74, 6) is -1.13. The number of benzene rings is 1. The molecule has 1 aliphatic heterocycles. The van der Waals surface area contributed by atoms with E-state index in [0.29, 0.717) is 18.8 Å². The lowest BCUT2D eigenvalue weighted by Crippen LogP contribution is -2.42. The van der Waals surface area contributed by atoms with Gasteiger partial charge in [0.05, 0.1) is 18.3 Å². The minimum absolute atomic E-state index is 0.0320. The summed E-state index contributed by atoms with van der Waals surface area (Å²) < 4.78 is 18.5. The number of hydrogen-bond acceptors (Lipinski definition) is 4. The molecule has 5 nitrogen and oxygen atoms in total. The summed E-state index contributed by atoms with van der Waals surface area (Å²) in [7, 11) is 0. The average molecular weight is 253 g/mol. The zero-order valence-electron chi connectivity index (χ0n) is 9.91. The van der Waals surface area contributed by atoms with Crippen LogP contribution in [0, 0.1) is 5.82 Å². The molecule has 98 valence electrons. The van der Waals surface area contributed by atoms with Crippen LogP contribution in [0.5, 0.6) is 0 Å². The van der Waals surface area contributed by atoms with Crippen molar-refractivity contribution in [1.82, 2.24) is 5.32 Å². The summed E-state index contributed by atoms with van der Waals surface area (Å²) in [5, 5.41) is 6.26. The largest absolute Gasteiger partial charge is 0.382 e. The van der Waals surface area contributed by atoms with Gasteiger partial charge in [0.25, 0.3) is 5.91 Å². The van der Waals surface area contributed by atoms with Gasteiger partial charge in [-0.3, -0.25) is 4.79 Å². The van der Waals surface area contributed by atoms with E-state index in [1.165, 1.54) is 12.1 Å². The third kappa shape index (κ3) is 3.18. The zero-order valence-corrected chi connectivity index (χ0v) is 9.91. The molecule has 4 N–H and O–H groups in total. The molecule has 0 spiro atoms. The smallest absolute Gasteiger partial charge is 0.250 e. The number of carbonyl (C=O) groups excluding carboxylic acids is 1. The lowest BCUT2D eigenvalue weighted by molar-refractivity contribution is 0.0372. The van der Waals surface area contributed by atoms with E-state index in [-0.39, 0.29) is 11.7 Å². The van der Waals surface area contributed by atoms with Crippen molar-refractivity contribution in [3.8, 4) is 0 Å². The molecule has 1 fully saturated rings. The third-order valence-corrected chi connectivity index (χ3v) is 2.77. The maximum absolute atomic E-state index is 13.0. The van der Waals surface area contributed by atoms with Crippen LogP contribution in [-0.4, -0.2) is 38.3 Å². The van der Waals surface area contributed by atoms with Gasteiger partial charge >= 0.3 is 0 Å². The van der Waals surface area contributed by atoms with Crippen LogP contribution in [0.3, 0.4) is 0 Å². The number of halogens is 1. The molecule has 6 heteroatoms. The Hall–Kier alpha value is -1.66. The fourth-order valence-electron chi connectivity index (χ4n) is 1.85. The first-order valence-corrected chi connectivity index (χ1v) is 5.82. The molecule has 1 heterocycles. The van der Waals surface area contributed by atoms with E-state index in [1.54, 1.807) is 0 Å². The number of ether oxygens (including phenoxy) is 1. The van der Waals surface area contributed by atoms with Gasteiger partial charge in [-0.05, 0) is 18.2 Å². The molecular formula is C12H16FN3O2. The number of carbonyl (C=O) groups is 1. The van der Waals surface area contributed by atoms with Gasteiger partial charge in [0, 0.05) is 25.3 Å². The summed E-state index contributed by atoms with van der Waals surface area (Å²) >= 11 is 0. The topological polar surface area (TPSA) is 76.4 Å². The van der Waals surface area contributed by atoms with Crippen LogP contribution < -0.4 is 16.4 Å². The van der Waals surface area contributed by atoms with Crippen molar-refractivity contribution < 1.29 is 13.9 Å². The minimum atomic E-state index is -0.653. The zero-order chi connectivity index (χ0) is 13.0. The molecule has 2 rings (SSSR count). The first-order chi connectivity index (χ1) is 8.66. The van der Waals surface area contributed by atoms with Crippen molar-refractivity contribution in [1.29, 1.82) is 0 Å². The predicted molar refractivity (Wildman–Crippen MR) is 66.0 cm³/mol. The van der Waals surface area contributed by atoms with E-state index in [9.17, 15) is 9.18 Å². The average Bonchev–Trinajstić information content (AvgIpc) is 2.38. The highest BCUT2D eigenvalue weighted by Crippen LogP contribution is 2.16. The van der Waals surface area contributed by atoms with Gasteiger partial charge in [-0.15, -0.1) is 0 Å². The monoisotopic (exact) mass is 253 g/mol. The fraction of sp³-hybridized carbons (Fsp3) is 0.417. The lowest BCUT2D eigenvalue weighted by Gasteiger charge is -2.24. The molecule has 0 aliphatic carbocycles. The molecule has 1 amide bonds. The Morgan fingerprint density at radius 3 is 3.11 bits per heavy atom. The van der Waals surface area contributed by atoms with E-state index in [4.69, 9.17) is 10.5 Å². The van der Waals surface area contributed by atoms with E-state index >= 15 is 0 Å². The molecule has 18 heavy (non-hydrogen) atoms. The van der Waals surface area contributed by atoms with Gasteiger partial charge in [0.1, 0.15) is 5.82 Å². The number of primary amides is 1. The number of hydrogen-bond donors (Lipinski definition) is 3. The number of anilines is 1. The van der Waals surface area contributed by atoms with Gasteiger partial charge in [-0.25, -0.2) is 4.39 Å². The molecule has 0 bridgehead atoms. The Kier molecular flexibility index (Phi) is 4.11. The van der Waals surface area contributed by atoms with Crippen LogP contribution in [0.4, 0.5) is 10.1 Å². The van der Waals surface area contributed by atoms with E-state index in [0.717, 1.165) is 19.2 Å². The van der Waals surface area contributed by atoms with Crippen molar-refractivity contribution >= 4 is 11.6 Å². The van der Waals surface area contributed by atoms with Crippen LogP contribution in [0.15, 0.2) is 18.2 Å². The van der Waals surface area contributed by atoms with Crippen molar-refractivity contribution in [3.05, 3.63) is 29.6 Å². The maximum atomic E-state index is 13.0. The lowest BCUT2D eigenvalue weighted by atomic mass is 10.1. The second kappa shape index (κ2) is 5.79. The molecule has 1 saturated heterocycles. The highest BCUT2D eigenvalue weighted by Gasteiger charge is 2.15. The third-order valence-electron chi connectivity index (χ3n) is 2.77. The van der Waals surface area contributed by atoms with Crippen LogP contribution in [-0.2, 0) is 4.74 Å². The van der Waals surface area contributed by atoms with Crippen molar-refractivity contribution in [2.75, 3.05) is 31.6 Å². The highest BCUT2D eigenvalue weighted by atomic mass is 19.1. The van der Waals surface area contributed by atoms with E-state index in [1.807, 2.05) is 0 Å². The Morgan fingerprint density at radius 1 is 1.61 bits per heavy atom. The summed E-state index contributed by atoms with van der Waals surface area (Å²) in [4.78, 5) is 11.2.